The fourth-order valence-corrected chi connectivity index (χ4v) is 1.54. The molecule has 0 saturated carbocycles. The normalized spacial score (nSPS) is 12.8. The zero-order chi connectivity index (χ0) is 17.9. The molecule has 8 heteroatoms. The number of aliphatic hydroxyl groups excluding tert-OH is 2. The van der Waals surface area contributed by atoms with Crippen LogP contribution in [-0.4, -0.2) is 60.8 Å². The highest BCUT2D eigenvalue weighted by atomic mass is 16.6. The van der Waals surface area contributed by atoms with Gasteiger partial charge in [0.05, 0.1) is 0 Å². The lowest BCUT2D eigenvalue weighted by Gasteiger charge is -2.14. The summed E-state index contributed by atoms with van der Waals surface area (Å²) in [5, 5.41) is 19.1. The van der Waals surface area contributed by atoms with Crippen LogP contribution in [0.2, 0.25) is 0 Å². The molecule has 0 radical (unpaired) electrons. The van der Waals surface area contributed by atoms with Gasteiger partial charge in [-0.2, -0.15) is 0 Å². The maximum atomic E-state index is 10.6. The van der Waals surface area contributed by atoms with E-state index in [0.29, 0.717) is 11.5 Å². The summed E-state index contributed by atoms with van der Waals surface area (Å²) in [6.45, 7) is 2.22. The average Bonchev–Trinajstić information content (AvgIpc) is 2.55. The van der Waals surface area contributed by atoms with Crippen molar-refractivity contribution in [3.8, 4) is 11.5 Å². The third-order valence-electron chi connectivity index (χ3n) is 2.67. The van der Waals surface area contributed by atoms with E-state index in [-0.39, 0.29) is 26.4 Å². The van der Waals surface area contributed by atoms with Gasteiger partial charge in [0.1, 0.15) is 50.1 Å². The Bertz CT molecular complexity index is 466. The molecular formula is C16H22O8. The van der Waals surface area contributed by atoms with E-state index in [1.807, 2.05) is 0 Å². The van der Waals surface area contributed by atoms with Gasteiger partial charge in [-0.1, -0.05) is 0 Å². The number of rotatable bonds is 10. The standard InChI is InChI=1S/C16H22O8/c1-11(17)21-7-13(19)9-23-15-3-5-16(6-4-15)24-10-14(20)8-22-12(2)18/h3-6,13-14,19-20H,7-10H2,1-2H3. The van der Waals surface area contributed by atoms with Crippen molar-refractivity contribution in [1.82, 2.24) is 0 Å². The van der Waals surface area contributed by atoms with Gasteiger partial charge in [-0.15, -0.1) is 0 Å². The smallest absolute Gasteiger partial charge is 0.302 e. The lowest BCUT2D eigenvalue weighted by Crippen LogP contribution is -2.24. The summed E-state index contributed by atoms with van der Waals surface area (Å²) in [4.78, 5) is 21.2. The number of carbonyl (C=O) groups excluding carboxylic acids is 2. The van der Waals surface area contributed by atoms with Gasteiger partial charge >= 0.3 is 11.9 Å². The second kappa shape index (κ2) is 10.5. The van der Waals surface area contributed by atoms with Crippen LogP contribution in [0.4, 0.5) is 0 Å². The Kier molecular flexibility index (Phi) is 8.59. The molecule has 1 rings (SSSR count). The van der Waals surface area contributed by atoms with Crippen LogP contribution in [0.15, 0.2) is 24.3 Å². The maximum Gasteiger partial charge on any atom is 0.302 e. The number of aliphatic hydroxyl groups is 2. The number of esters is 2. The van der Waals surface area contributed by atoms with Crippen molar-refractivity contribution >= 4 is 11.9 Å². The van der Waals surface area contributed by atoms with E-state index in [0.717, 1.165) is 0 Å². The molecule has 0 fully saturated rings. The van der Waals surface area contributed by atoms with Crippen molar-refractivity contribution < 1.29 is 38.7 Å². The minimum absolute atomic E-state index is 0.0193. The topological polar surface area (TPSA) is 112 Å². The van der Waals surface area contributed by atoms with Gasteiger partial charge < -0.3 is 29.2 Å². The Balaban J connectivity index is 2.29. The van der Waals surface area contributed by atoms with E-state index in [1.165, 1.54) is 13.8 Å². The Morgan fingerprint density at radius 3 is 1.42 bits per heavy atom. The summed E-state index contributed by atoms with van der Waals surface area (Å²) in [6.07, 6.45) is -1.83. The number of carbonyl (C=O) groups is 2. The van der Waals surface area contributed by atoms with Crippen LogP contribution in [0, 0.1) is 0 Å². The highest BCUT2D eigenvalue weighted by Crippen LogP contribution is 2.18. The van der Waals surface area contributed by atoms with Gasteiger partial charge in [0.15, 0.2) is 0 Å². The van der Waals surface area contributed by atoms with E-state index < -0.39 is 24.1 Å². The number of benzene rings is 1. The van der Waals surface area contributed by atoms with Gasteiger partial charge in [-0.05, 0) is 24.3 Å². The summed E-state index contributed by atoms with van der Waals surface area (Å²) in [6, 6.07) is 6.53. The molecule has 0 spiro atoms. The molecule has 2 N–H and O–H groups in total. The van der Waals surface area contributed by atoms with E-state index in [1.54, 1.807) is 24.3 Å². The summed E-state index contributed by atoms with van der Waals surface area (Å²) in [5.41, 5.74) is 0. The molecule has 24 heavy (non-hydrogen) atoms. The van der Waals surface area contributed by atoms with Gasteiger partial charge in [0.25, 0.3) is 0 Å². The Morgan fingerprint density at radius 1 is 0.792 bits per heavy atom. The van der Waals surface area contributed by atoms with E-state index in [4.69, 9.17) is 9.47 Å². The monoisotopic (exact) mass is 342 g/mol. The van der Waals surface area contributed by atoms with Crippen LogP contribution in [0.1, 0.15) is 13.8 Å². The van der Waals surface area contributed by atoms with Crippen LogP contribution in [0.5, 0.6) is 11.5 Å². The summed E-state index contributed by atoms with van der Waals surface area (Å²) < 4.78 is 20.0. The minimum Gasteiger partial charge on any atom is -0.491 e. The van der Waals surface area contributed by atoms with Gasteiger partial charge in [0.2, 0.25) is 0 Å². The van der Waals surface area contributed by atoms with Crippen LogP contribution in [-0.2, 0) is 19.1 Å². The molecule has 1 aromatic carbocycles. The summed E-state index contributed by atoms with van der Waals surface area (Å²) in [5.74, 6) is 0.0762. The first kappa shape index (κ1) is 19.7. The maximum absolute atomic E-state index is 10.6. The molecule has 0 aliphatic carbocycles. The molecule has 0 bridgehead atoms. The quantitative estimate of drug-likeness (QED) is 0.584. The molecule has 0 saturated heterocycles. The van der Waals surface area contributed by atoms with Crippen molar-refractivity contribution in [2.24, 2.45) is 0 Å². The third-order valence-corrected chi connectivity index (χ3v) is 2.67. The van der Waals surface area contributed by atoms with Crippen LogP contribution in [0.3, 0.4) is 0 Å². The third kappa shape index (κ3) is 8.96. The summed E-state index contributed by atoms with van der Waals surface area (Å²) >= 11 is 0. The minimum atomic E-state index is -0.916. The van der Waals surface area contributed by atoms with Crippen LogP contribution in [0.25, 0.3) is 0 Å². The highest BCUT2D eigenvalue weighted by Gasteiger charge is 2.09. The van der Waals surface area contributed by atoms with Crippen molar-refractivity contribution in [3.63, 3.8) is 0 Å². The molecule has 8 nitrogen and oxygen atoms in total. The molecule has 0 aliphatic heterocycles. The van der Waals surface area contributed by atoms with Gasteiger partial charge in [0, 0.05) is 13.8 Å². The second-order valence-electron chi connectivity index (χ2n) is 5.01. The largest absolute Gasteiger partial charge is 0.491 e. The number of hydrogen-bond acceptors (Lipinski definition) is 8. The van der Waals surface area contributed by atoms with Crippen molar-refractivity contribution in [2.75, 3.05) is 26.4 Å². The zero-order valence-electron chi connectivity index (χ0n) is 13.6. The molecule has 2 atom stereocenters. The molecule has 2 unspecified atom stereocenters. The first-order valence-electron chi connectivity index (χ1n) is 7.35. The lowest BCUT2D eigenvalue weighted by atomic mass is 10.3. The average molecular weight is 342 g/mol. The SMILES string of the molecule is CC(=O)OCC(O)COc1ccc(OCC(O)COC(C)=O)cc1. The van der Waals surface area contributed by atoms with E-state index in [2.05, 4.69) is 9.47 Å². The number of ether oxygens (including phenoxy) is 4. The summed E-state index contributed by atoms with van der Waals surface area (Å²) in [7, 11) is 0. The Labute approximate surface area is 139 Å². The van der Waals surface area contributed by atoms with Crippen molar-refractivity contribution in [2.45, 2.75) is 26.1 Å². The fraction of sp³-hybridized carbons (Fsp3) is 0.500. The van der Waals surface area contributed by atoms with Crippen molar-refractivity contribution in [3.05, 3.63) is 24.3 Å². The Morgan fingerprint density at radius 2 is 1.12 bits per heavy atom. The molecular weight excluding hydrogens is 320 g/mol. The van der Waals surface area contributed by atoms with Gasteiger partial charge in [-0.25, -0.2) is 0 Å². The van der Waals surface area contributed by atoms with Crippen molar-refractivity contribution in [1.29, 1.82) is 0 Å². The predicted molar refractivity (Wildman–Crippen MR) is 82.7 cm³/mol. The first-order valence-corrected chi connectivity index (χ1v) is 7.35. The number of hydrogen-bond donors (Lipinski definition) is 2. The van der Waals surface area contributed by atoms with Gasteiger partial charge in [-0.3, -0.25) is 9.59 Å². The molecule has 0 aromatic heterocycles. The molecule has 1 aromatic rings. The zero-order valence-corrected chi connectivity index (χ0v) is 13.6. The predicted octanol–water partition coefficient (Wildman–Crippen LogP) is 0.292. The van der Waals surface area contributed by atoms with E-state index >= 15 is 0 Å². The van der Waals surface area contributed by atoms with E-state index in [9.17, 15) is 19.8 Å². The molecule has 0 amide bonds. The Hall–Kier alpha value is -2.32. The lowest BCUT2D eigenvalue weighted by molar-refractivity contribution is -0.145. The van der Waals surface area contributed by atoms with Crippen LogP contribution >= 0.6 is 0 Å². The fourth-order valence-electron chi connectivity index (χ4n) is 1.54. The molecule has 0 aliphatic rings. The molecule has 0 heterocycles. The highest BCUT2D eigenvalue weighted by molar-refractivity contribution is 5.66. The molecule has 134 valence electrons. The van der Waals surface area contributed by atoms with Crippen LogP contribution < -0.4 is 9.47 Å². The first-order chi connectivity index (χ1) is 11.4. The second-order valence-corrected chi connectivity index (χ2v) is 5.01.